The van der Waals surface area contributed by atoms with Crippen LogP contribution in [-0.4, -0.2) is 17.7 Å². The van der Waals surface area contributed by atoms with Gasteiger partial charge in [0, 0.05) is 12.5 Å². The lowest BCUT2D eigenvalue weighted by Crippen LogP contribution is -2.32. The highest BCUT2D eigenvalue weighted by atomic mass is 16.4. The fourth-order valence-corrected chi connectivity index (χ4v) is 1.90. The van der Waals surface area contributed by atoms with Crippen molar-refractivity contribution in [2.75, 3.05) is 6.54 Å². The molecule has 1 rings (SSSR count). The number of hydrogen-bond acceptors (Lipinski definition) is 2. The van der Waals surface area contributed by atoms with Crippen LogP contribution < -0.4 is 5.32 Å². The number of carboxylic acid groups (broad SMARTS) is 1. The topological polar surface area (TPSA) is 73.1 Å². The van der Waals surface area contributed by atoms with E-state index < -0.39 is 6.09 Å². The lowest BCUT2D eigenvalue weighted by Gasteiger charge is -2.31. The van der Waals surface area contributed by atoms with E-state index in [9.17, 15) is 4.79 Å². The molecule has 0 aliphatic rings. The molecule has 96 valence electrons. The van der Waals surface area contributed by atoms with Gasteiger partial charge in [0.1, 0.15) is 0 Å². The number of nitrogens with one attached hydrogen (secondary N) is 1. The van der Waals surface area contributed by atoms with Crippen molar-refractivity contribution < 1.29 is 9.90 Å². The normalized spacial score (nSPS) is 12.6. The first-order valence-electron chi connectivity index (χ1n) is 5.81. The average molecular weight is 246 g/mol. The van der Waals surface area contributed by atoms with Gasteiger partial charge < -0.3 is 10.4 Å². The summed E-state index contributed by atoms with van der Waals surface area (Å²) in [6.07, 6.45) is -1.02. The molecule has 1 aromatic rings. The van der Waals surface area contributed by atoms with Crippen LogP contribution in [0.3, 0.4) is 0 Å². The van der Waals surface area contributed by atoms with Gasteiger partial charge in [-0.05, 0) is 23.1 Å². The third-order valence-electron chi connectivity index (χ3n) is 2.94. The molecule has 0 spiro atoms. The van der Waals surface area contributed by atoms with Crippen LogP contribution in [-0.2, 0) is 0 Å². The van der Waals surface area contributed by atoms with Crippen molar-refractivity contribution in [2.24, 2.45) is 5.41 Å². The van der Waals surface area contributed by atoms with Gasteiger partial charge >= 0.3 is 6.09 Å². The van der Waals surface area contributed by atoms with Gasteiger partial charge in [0.15, 0.2) is 0 Å². The van der Waals surface area contributed by atoms with Gasteiger partial charge in [0.2, 0.25) is 0 Å². The molecule has 1 aromatic carbocycles. The van der Waals surface area contributed by atoms with Crippen molar-refractivity contribution >= 4 is 6.09 Å². The van der Waals surface area contributed by atoms with Gasteiger partial charge in [0.25, 0.3) is 0 Å². The number of hydrogen-bond donors (Lipinski definition) is 2. The molecule has 1 amide bonds. The smallest absolute Gasteiger partial charge is 0.404 e. The predicted octanol–water partition coefficient (Wildman–Crippen LogP) is 2.96. The molecule has 2 N–H and O–H groups in total. The Balaban J connectivity index is 2.95. The fourth-order valence-electron chi connectivity index (χ4n) is 1.90. The van der Waals surface area contributed by atoms with E-state index in [0.29, 0.717) is 12.1 Å². The first-order valence-corrected chi connectivity index (χ1v) is 5.81. The quantitative estimate of drug-likeness (QED) is 0.861. The number of nitriles is 1. The van der Waals surface area contributed by atoms with Crippen molar-refractivity contribution in [3.63, 3.8) is 0 Å². The summed E-state index contributed by atoms with van der Waals surface area (Å²) in [5.74, 6) is 0.0707. The first kappa shape index (κ1) is 14.0. The van der Waals surface area contributed by atoms with E-state index in [2.05, 4.69) is 32.2 Å². The third kappa shape index (κ3) is 3.77. The van der Waals surface area contributed by atoms with E-state index in [1.165, 1.54) is 0 Å². The van der Waals surface area contributed by atoms with Crippen molar-refractivity contribution in [1.82, 2.24) is 5.32 Å². The second kappa shape index (κ2) is 5.54. The first-order chi connectivity index (χ1) is 8.34. The Bertz CT molecular complexity index is 452. The van der Waals surface area contributed by atoms with Gasteiger partial charge in [-0.3, -0.25) is 0 Å². The third-order valence-corrected chi connectivity index (χ3v) is 2.94. The van der Waals surface area contributed by atoms with Crippen molar-refractivity contribution in [1.29, 1.82) is 5.26 Å². The number of rotatable bonds is 3. The van der Waals surface area contributed by atoms with Crippen LogP contribution in [0.5, 0.6) is 0 Å². The summed E-state index contributed by atoms with van der Waals surface area (Å²) in [7, 11) is 0. The van der Waals surface area contributed by atoms with E-state index in [1.54, 1.807) is 12.1 Å². The van der Waals surface area contributed by atoms with Crippen LogP contribution in [0, 0.1) is 16.7 Å². The number of amides is 1. The molecule has 4 nitrogen and oxygen atoms in total. The number of benzene rings is 1. The zero-order valence-electron chi connectivity index (χ0n) is 10.9. The van der Waals surface area contributed by atoms with Crippen LogP contribution in [0.25, 0.3) is 0 Å². The van der Waals surface area contributed by atoms with Gasteiger partial charge in [-0.25, -0.2) is 4.79 Å². The van der Waals surface area contributed by atoms with Crippen LogP contribution >= 0.6 is 0 Å². The molecule has 4 heteroatoms. The highest BCUT2D eigenvalue weighted by Gasteiger charge is 2.26. The molecule has 0 radical (unpaired) electrons. The van der Waals surface area contributed by atoms with E-state index >= 15 is 0 Å². The van der Waals surface area contributed by atoms with Crippen LogP contribution in [0.1, 0.15) is 37.8 Å². The summed E-state index contributed by atoms with van der Waals surface area (Å²) in [6.45, 7) is 6.57. The Morgan fingerprint density at radius 2 is 1.94 bits per heavy atom. The molecule has 1 unspecified atom stereocenters. The highest BCUT2D eigenvalue weighted by molar-refractivity contribution is 5.64. The Hall–Kier alpha value is -2.02. The lowest BCUT2D eigenvalue weighted by molar-refractivity contribution is 0.190. The molecule has 18 heavy (non-hydrogen) atoms. The van der Waals surface area contributed by atoms with E-state index in [1.807, 2.05) is 12.1 Å². The molecule has 0 fully saturated rings. The minimum Gasteiger partial charge on any atom is -0.465 e. The summed E-state index contributed by atoms with van der Waals surface area (Å²) in [4.78, 5) is 10.6. The zero-order valence-corrected chi connectivity index (χ0v) is 10.9. The Morgan fingerprint density at radius 3 is 2.33 bits per heavy atom. The van der Waals surface area contributed by atoms with Crippen LogP contribution in [0.2, 0.25) is 0 Å². The van der Waals surface area contributed by atoms with Crippen LogP contribution in [0.15, 0.2) is 24.3 Å². The molecule has 0 saturated heterocycles. The van der Waals surface area contributed by atoms with Crippen LogP contribution in [0.4, 0.5) is 4.79 Å². The second-order valence-corrected chi connectivity index (χ2v) is 5.34. The summed E-state index contributed by atoms with van der Waals surface area (Å²) >= 11 is 0. The molecule has 0 bridgehead atoms. The fraction of sp³-hybridized carbons (Fsp3) is 0.429. The Morgan fingerprint density at radius 1 is 1.39 bits per heavy atom. The molecular formula is C14H18N2O2. The van der Waals surface area contributed by atoms with E-state index in [0.717, 1.165) is 5.56 Å². The van der Waals surface area contributed by atoms with Gasteiger partial charge in [-0.2, -0.15) is 5.26 Å². The Labute approximate surface area is 107 Å². The summed E-state index contributed by atoms with van der Waals surface area (Å²) in [5.41, 5.74) is 1.59. The monoisotopic (exact) mass is 246 g/mol. The molecule has 1 atom stereocenters. The molecule has 0 heterocycles. The average Bonchev–Trinajstić information content (AvgIpc) is 2.28. The highest BCUT2D eigenvalue weighted by Crippen LogP contribution is 2.34. The Kier molecular flexibility index (Phi) is 4.33. The number of nitrogens with zero attached hydrogens (tertiary/aromatic N) is 1. The largest absolute Gasteiger partial charge is 0.465 e. The minimum atomic E-state index is -1.02. The molecule has 0 saturated carbocycles. The maximum absolute atomic E-state index is 10.6. The zero-order chi connectivity index (χ0) is 13.8. The molecule has 0 aliphatic carbocycles. The SMILES string of the molecule is CC(C)(C)C(CNC(=O)O)c1ccc(C#N)cc1. The van der Waals surface area contributed by atoms with E-state index in [-0.39, 0.29) is 11.3 Å². The number of carbonyl (C=O) groups is 1. The summed E-state index contributed by atoms with van der Waals surface area (Å²) in [6, 6.07) is 9.36. The van der Waals surface area contributed by atoms with Crippen molar-refractivity contribution in [3.8, 4) is 6.07 Å². The maximum atomic E-state index is 10.6. The lowest BCUT2D eigenvalue weighted by atomic mass is 9.76. The maximum Gasteiger partial charge on any atom is 0.404 e. The summed E-state index contributed by atoms with van der Waals surface area (Å²) < 4.78 is 0. The molecule has 0 aliphatic heterocycles. The molecular weight excluding hydrogens is 228 g/mol. The molecule has 0 aromatic heterocycles. The van der Waals surface area contributed by atoms with Gasteiger partial charge in [-0.15, -0.1) is 0 Å². The van der Waals surface area contributed by atoms with Crippen molar-refractivity contribution in [2.45, 2.75) is 26.7 Å². The van der Waals surface area contributed by atoms with Gasteiger partial charge in [-0.1, -0.05) is 32.9 Å². The summed E-state index contributed by atoms with van der Waals surface area (Å²) in [5, 5.41) is 19.9. The standard InChI is InChI=1S/C14H18N2O2/c1-14(2,3)12(9-16-13(17)18)11-6-4-10(8-15)5-7-11/h4-7,12,16H,9H2,1-3H3,(H,17,18). The minimum absolute atomic E-state index is 0.0589. The van der Waals surface area contributed by atoms with Crippen molar-refractivity contribution in [3.05, 3.63) is 35.4 Å². The van der Waals surface area contributed by atoms with Gasteiger partial charge in [0.05, 0.1) is 11.6 Å². The van der Waals surface area contributed by atoms with E-state index in [4.69, 9.17) is 10.4 Å². The predicted molar refractivity (Wildman–Crippen MR) is 69.4 cm³/mol. The second-order valence-electron chi connectivity index (χ2n) is 5.34.